The van der Waals surface area contributed by atoms with Crippen molar-refractivity contribution in [1.82, 2.24) is 4.98 Å². The minimum atomic E-state index is -0.415. The Morgan fingerprint density at radius 2 is 2.25 bits per heavy atom. The molecule has 0 spiro atoms. The molecule has 20 heavy (non-hydrogen) atoms. The van der Waals surface area contributed by atoms with Crippen molar-refractivity contribution in [3.05, 3.63) is 35.0 Å². The molecule has 0 atom stereocenters. The largest absolute Gasteiger partial charge is 0.496 e. The number of anilines is 2. The van der Waals surface area contributed by atoms with Gasteiger partial charge in [-0.1, -0.05) is 0 Å². The summed E-state index contributed by atoms with van der Waals surface area (Å²) >= 11 is 1.36. The smallest absolute Gasteiger partial charge is 0.360 e. The number of hydrogen-bond acceptors (Lipinski definition) is 6. The molecule has 0 radical (unpaired) electrons. The molecule has 1 aromatic heterocycles. The van der Waals surface area contributed by atoms with E-state index in [-0.39, 0.29) is 0 Å². The van der Waals surface area contributed by atoms with Gasteiger partial charge in [-0.25, -0.2) is 9.78 Å². The first-order valence-corrected chi connectivity index (χ1v) is 7.06. The van der Waals surface area contributed by atoms with E-state index in [4.69, 9.17) is 9.47 Å². The van der Waals surface area contributed by atoms with Crippen molar-refractivity contribution >= 4 is 28.0 Å². The molecule has 0 unspecified atom stereocenters. The van der Waals surface area contributed by atoms with E-state index in [2.05, 4.69) is 10.3 Å². The summed E-state index contributed by atoms with van der Waals surface area (Å²) in [6.45, 7) is 4.06. The van der Waals surface area contributed by atoms with Gasteiger partial charge < -0.3 is 14.8 Å². The van der Waals surface area contributed by atoms with Crippen molar-refractivity contribution in [2.75, 3.05) is 19.0 Å². The van der Waals surface area contributed by atoms with Crippen LogP contribution in [0.2, 0.25) is 0 Å². The first-order chi connectivity index (χ1) is 9.65. The minimum absolute atomic E-state index is 0.310. The van der Waals surface area contributed by atoms with Crippen LogP contribution in [0.5, 0.6) is 5.75 Å². The number of nitrogens with zero attached hydrogens (tertiary/aromatic N) is 1. The van der Waals surface area contributed by atoms with Gasteiger partial charge in [0, 0.05) is 5.69 Å². The summed E-state index contributed by atoms with van der Waals surface area (Å²) in [4.78, 5) is 15.8. The molecule has 0 saturated carbocycles. The predicted molar refractivity (Wildman–Crippen MR) is 79.1 cm³/mol. The monoisotopic (exact) mass is 292 g/mol. The zero-order chi connectivity index (χ0) is 14.5. The molecule has 106 valence electrons. The lowest BCUT2D eigenvalue weighted by molar-refractivity contribution is 0.0521. The van der Waals surface area contributed by atoms with Crippen molar-refractivity contribution < 1.29 is 14.3 Å². The molecule has 2 aromatic rings. The maximum atomic E-state index is 11.7. The van der Waals surface area contributed by atoms with Crippen LogP contribution in [0, 0.1) is 6.92 Å². The van der Waals surface area contributed by atoms with Crippen molar-refractivity contribution in [1.29, 1.82) is 0 Å². The third-order valence-electron chi connectivity index (χ3n) is 2.69. The molecule has 5 nitrogen and oxygen atoms in total. The van der Waals surface area contributed by atoms with Crippen LogP contribution in [0.1, 0.15) is 23.0 Å². The van der Waals surface area contributed by atoms with Gasteiger partial charge in [-0.2, -0.15) is 0 Å². The van der Waals surface area contributed by atoms with Crippen LogP contribution in [0.3, 0.4) is 0 Å². The molecule has 6 heteroatoms. The fourth-order valence-corrected chi connectivity index (χ4v) is 2.45. The van der Waals surface area contributed by atoms with E-state index in [1.165, 1.54) is 11.3 Å². The fourth-order valence-electron chi connectivity index (χ4n) is 1.77. The van der Waals surface area contributed by atoms with E-state index in [0.717, 1.165) is 17.0 Å². The quantitative estimate of drug-likeness (QED) is 0.856. The number of aryl methyl sites for hydroxylation is 1. The summed E-state index contributed by atoms with van der Waals surface area (Å²) in [5.41, 5.74) is 3.81. The molecular formula is C14H16N2O3S. The van der Waals surface area contributed by atoms with E-state index in [9.17, 15) is 4.79 Å². The van der Waals surface area contributed by atoms with Crippen molar-refractivity contribution in [2.24, 2.45) is 0 Å². The molecule has 2 rings (SSSR count). The predicted octanol–water partition coefficient (Wildman–Crippen LogP) is 3.38. The molecular weight excluding hydrogens is 276 g/mol. The van der Waals surface area contributed by atoms with Crippen molar-refractivity contribution in [3.63, 3.8) is 0 Å². The SMILES string of the molecule is CCOC(=O)c1ncsc1Nc1ccc(OC)c(C)c1. The molecule has 0 amide bonds. The summed E-state index contributed by atoms with van der Waals surface area (Å²) in [5, 5.41) is 3.86. The molecule has 0 aliphatic heterocycles. The topological polar surface area (TPSA) is 60.5 Å². The van der Waals surface area contributed by atoms with Crippen molar-refractivity contribution in [2.45, 2.75) is 13.8 Å². The number of rotatable bonds is 5. The van der Waals surface area contributed by atoms with Gasteiger partial charge in [0.25, 0.3) is 0 Å². The first kappa shape index (κ1) is 14.3. The second kappa shape index (κ2) is 6.38. The van der Waals surface area contributed by atoms with Gasteiger partial charge in [0.1, 0.15) is 10.8 Å². The fraction of sp³-hybridized carbons (Fsp3) is 0.286. The van der Waals surface area contributed by atoms with E-state index >= 15 is 0 Å². The zero-order valence-corrected chi connectivity index (χ0v) is 12.4. The normalized spacial score (nSPS) is 10.2. The lowest BCUT2D eigenvalue weighted by Gasteiger charge is -2.09. The van der Waals surface area contributed by atoms with Gasteiger partial charge in [0.15, 0.2) is 5.69 Å². The number of aromatic nitrogens is 1. The third-order valence-corrected chi connectivity index (χ3v) is 3.43. The van der Waals surface area contributed by atoms with Gasteiger partial charge in [-0.3, -0.25) is 0 Å². The number of nitrogens with one attached hydrogen (secondary N) is 1. The summed E-state index contributed by atoms with van der Waals surface area (Å²) in [6, 6.07) is 5.72. The zero-order valence-electron chi connectivity index (χ0n) is 11.6. The second-order valence-electron chi connectivity index (χ2n) is 4.06. The molecule has 0 aliphatic carbocycles. The van der Waals surface area contributed by atoms with Gasteiger partial charge in [0.2, 0.25) is 0 Å². The van der Waals surface area contributed by atoms with Crippen LogP contribution in [0.15, 0.2) is 23.7 Å². The average Bonchev–Trinajstić information content (AvgIpc) is 2.87. The Kier molecular flexibility index (Phi) is 4.57. The van der Waals surface area contributed by atoms with E-state index < -0.39 is 5.97 Å². The van der Waals surface area contributed by atoms with Crippen molar-refractivity contribution in [3.8, 4) is 5.75 Å². The van der Waals surface area contributed by atoms with E-state index in [1.54, 1.807) is 19.5 Å². The maximum Gasteiger partial charge on any atom is 0.360 e. The Balaban J connectivity index is 2.20. The third kappa shape index (κ3) is 3.08. The highest BCUT2D eigenvalue weighted by atomic mass is 32.1. The van der Waals surface area contributed by atoms with Crippen LogP contribution in [0.25, 0.3) is 0 Å². The lowest BCUT2D eigenvalue weighted by atomic mass is 10.2. The number of esters is 1. The minimum Gasteiger partial charge on any atom is -0.496 e. The first-order valence-electron chi connectivity index (χ1n) is 6.18. The van der Waals surface area contributed by atoms with Crippen LogP contribution in [-0.4, -0.2) is 24.7 Å². The molecule has 0 fully saturated rings. The number of benzene rings is 1. The number of carbonyl (C=O) groups excluding carboxylic acids is 1. The van der Waals surface area contributed by atoms with E-state index in [1.807, 2.05) is 25.1 Å². The van der Waals surface area contributed by atoms with Crippen LogP contribution < -0.4 is 10.1 Å². The number of ether oxygens (including phenoxy) is 2. The number of hydrogen-bond donors (Lipinski definition) is 1. The highest BCUT2D eigenvalue weighted by Crippen LogP contribution is 2.28. The lowest BCUT2D eigenvalue weighted by Crippen LogP contribution is -2.07. The Morgan fingerprint density at radius 1 is 1.45 bits per heavy atom. The molecule has 0 aliphatic rings. The number of thiazole rings is 1. The molecule has 1 heterocycles. The summed E-state index contributed by atoms with van der Waals surface area (Å²) in [5.74, 6) is 0.409. The van der Waals surface area contributed by atoms with Gasteiger partial charge in [0.05, 0.1) is 19.2 Å². The standard InChI is InChI=1S/C14H16N2O3S/c1-4-19-14(17)12-13(20-8-15-12)16-10-5-6-11(18-3)9(2)7-10/h5-8,16H,4H2,1-3H3. The summed E-state index contributed by atoms with van der Waals surface area (Å²) in [6.07, 6.45) is 0. The highest BCUT2D eigenvalue weighted by Gasteiger charge is 2.16. The summed E-state index contributed by atoms with van der Waals surface area (Å²) < 4.78 is 10.2. The summed E-state index contributed by atoms with van der Waals surface area (Å²) in [7, 11) is 1.64. The Morgan fingerprint density at radius 3 is 2.90 bits per heavy atom. The van der Waals surface area contributed by atoms with Gasteiger partial charge in [-0.15, -0.1) is 11.3 Å². The van der Waals surface area contributed by atoms with Crippen LogP contribution >= 0.6 is 11.3 Å². The Labute approximate surface area is 121 Å². The molecule has 1 N–H and O–H groups in total. The van der Waals surface area contributed by atoms with Crippen LogP contribution in [0.4, 0.5) is 10.7 Å². The Bertz CT molecular complexity index is 610. The average molecular weight is 292 g/mol. The molecule has 1 aromatic carbocycles. The number of methoxy groups -OCH3 is 1. The molecule has 0 bridgehead atoms. The number of carbonyl (C=O) groups is 1. The maximum absolute atomic E-state index is 11.7. The Hall–Kier alpha value is -2.08. The van der Waals surface area contributed by atoms with Crippen LogP contribution in [-0.2, 0) is 4.74 Å². The second-order valence-corrected chi connectivity index (χ2v) is 4.91. The highest BCUT2D eigenvalue weighted by molar-refractivity contribution is 7.14. The molecule has 0 saturated heterocycles. The van der Waals surface area contributed by atoms with Gasteiger partial charge in [-0.05, 0) is 37.6 Å². The van der Waals surface area contributed by atoms with E-state index in [0.29, 0.717) is 17.3 Å². The van der Waals surface area contributed by atoms with Gasteiger partial charge >= 0.3 is 5.97 Å².